The minimum absolute atomic E-state index is 0.0544. The number of carbonyl (C=O) groups is 2. The molecule has 0 amide bonds. The molecule has 418 valence electrons. The molecular weight excluding hydrogens is 1010 g/mol. The molecule has 1 aromatic heterocycles. The van der Waals surface area contributed by atoms with Crippen molar-refractivity contribution < 1.29 is 51.0 Å². The lowest BCUT2D eigenvalue weighted by molar-refractivity contribution is -0.143. The number of rotatable bonds is 27. The number of benzene rings is 2. The molecule has 4 rings (SSSR count). The summed E-state index contributed by atoms with van der Waals surface area (Å²) in [7, 11) is -5.87. The first-order valence-electron chi connectivity index (χ1n) is 26.2. The van der Waals surface area contributed by atoms with Crippen molar-refractivity contribution in [2.24, 2.45) is 27.7 Å². The highest BCUT2D eigenvalue weighted by molar-refractivity contribution is 7.48. The summed E-state index contributed by atoms with van der Waals surface area (Å²) in [6.07, 6.45) is 2.95. The number of nitrogens with zero attached hydrogens (tertiary/aromatic N) is 6. The van der Waals surface area contributed by atoms with Gasteiger partial charge >= 0.3 is 25.5 Å². The topological polar surface area (TPSA) is 203 Å². The minimum Gasteiger partial charge on any atom is -0.426 e. The zero-order chi connectivity index (χ0) is 56.4. The average molecular weight is 1090 g/mol. The van der Waals surface area contributed by atoms with Gasteiger partial charge in [0.2, 0.25) is 0 Å². The highest BCUT2D eigenvalue weighted by atomic mass is 31.2. The predicted octanol–water partition coefficient (Wildman–Crippen LogP) is 12.1. The monoisotopic (exact) mass is 1090 g/mol. The van der Waals surface area contributed by atoms with Gasteiger partial charge in [0.15, 0.2) is 5.82 Å². The van der Waals surface area contributed by atoms with Gasteiger partial charge in [-0.25, -0.2) is 19.0 Å². The van der Waals surface area contributed by atoms with Gasteiger partial charge in [-0.3, -0.25) is 27.7 Å². The van der Waals surface area contributed by atoms with Gasteiger partial charge in [0.05, 0.1) is 73.9 Å². The van der Waals surface area contributed by atoms with Gasteiger partial charge in [0.25, 0.3) is 8.53 Å². The molecular formula is C56H82N6O12P2. The van der Waals surface area contributed by atoms with E-state index in [1.54, 1.807) is 103 Å². The fourth-order valence-corrected chi connectivity index (χ4v) is 10.4. The highest BCUT2D eigenvalue weighted by Gasteiger charge is 2.41. The maximum absolute atomic E-state index is 14.4. The second-order valence-corrected chi connectivity index (χ2v) is 25.1. The van der Waals surface area contributed by atoms with E-state index in [-0.39, 0.29) is 75.2 Å². The lowest BCUT2D eigenvalue weighted by Gasteiger charge is -2.37. The molecule has 1 fully saturated rings. The van der Waals surface area contributed by atoms with Crippen LogP contribution in [-0.2, 0) is 54.7 Å². The molecule has 1 aliphatic heterocycles. The molecule has 0 aliphatic carbocycles. The van der Waals surface area contributed by atoms with Gasteiger partial charge in [0, 0.05) is 44.2 Å². The van der Waals surface area contributed by atoms with Gasteiger partial charge < -0.3 is 28.2 Å². The van der Waals surface area contributed by atoms with E-state index >= 15 is 0 Å². The van der Waals surface area contributed by atoms with E-state index in [1.165, 1.54) is 4.57 Å². The molecule has 0 spiro atoms. The van der Waals surface area contributed by atoms with Crippen LogP contribution in [0.25, 0.3) is 0 Å². The van der Waals surface area contributed by atoms with Crippen LogP contribution in [-0.4, -0.2) is 88.0 Å². The largest absolute Gasteiger partial charge is 0.475 e. The number of esters is 2. The van der Waals surface area contributed by atoms with Gasteiger partial charge in [-0.05, 0) is 123 Å². The Bertz CT molecular complexity index is 2480. The zero-order valence-electron chi connectivity index (χ0n) is 47.4. The molecule has 3 aromatic rings. The summed E-state index contributed by atoms with van der Waals surface area (Å²) in [6, 6.07) is 15.5. The van der Waals surface area contributed by atoms with E-state index in [9.17, 15) is 24.2 Å². The number of carbonyl (C=O) groups excluding carboxylic acids is 2. The van der Waals surface area contributed by atoms with Crippen molar-refractivity contribution in [3.63, 3.8) is 0 Å². The Kier molecular flexibility index (Phi) is 25.0. The number of phosphoric acid groups is 1. The molecule has 0 bridgehead atoms. The van der Waals surface area contributed by atoms with Crippen molar-refractivity contribution in [1.29, 1.82) is 5.26 Å². The van der Waals surface area contributed by atoms with Crippen molar-refractivity contribution in [3.05, 3.63) is 81.9 Å². The standard InChI is InChI=1S/C56H82N6O12P2/c1-16-48-49(74-75(67-30-19-29-57)62(41(6)7)42(8)9)32-50(73-48)61-35-45(51(59-54(61)65)58-38-60(33-39(2)3)34-40(4)5)20-17-18-31-68-76(66,69-36-43-21-25-46(26-22-43)71-52(63)55(10,11)12)70-37-44-23-27-47(28-24-44)72-53(64)56(13,14)15/h21-28,35,38-42,48-50H,16,18-19,30-34,36-37H2,1-15H3. The van der Waals surface area contributed by atoms with Crippen LogP contribution in [0.3, 0.4) is 0 Å². The van der Waals surface area contributed by atoms with E-state index in [1.807, 2.05) is 6.92 Å². The second-order valence-electron chi connectivity index (χ2n) is 22.1. The Morgan fingerprint density at radius 1 is 0.842 bits per heavy atom. The average Bonchev–Trinajstić information content (AvgIpc) is 3.74. The lowest BCUT2D eigenvalue weighted by atomic mass is 9.97. The van der Waals surface area contributed by atoms with Crippen LogP contribution in [0.15, 0.2) is 64.5 Å². The van der Waals surface area contributed by atoms with E-state index in [0.29, 0.717) is 52.9 Å². The molecule has 4 unspecified atom stereocenters. The number of nitriles is 1. The second kappa shape index (κ2) is 29.8. The summed E-state index contributed by atoms with van der Waals surface area (Å²) < 4.78 is 66.1. The molecule has 0 radical (unpaired) electrons. The molecule has 1 saturated heterocycles. The molecule has 76 heavy (non-hydrogen) atoms. The molecule has 1 aliphatic rings. The Labute approximate surface area is 452 Å². The molecule has 20 heteroatoms. The highest BCUT2D eigenvalue weighted by Crippen LogP contribution is 2.52. The molecule has 4 atom stereocenters. The van der Waals surface area contributed by atoms with Crippen LogP contribution in [0.4, 0.5) is 5.82 Å². The fourth-order valence-electron chi connectivity index (χ4n) is 7.46. The van der Waals surface area contributed by atoms with Gasteiger partial charge in [-0.2, -0.15) is 10.2 Å². The van der Waals surface area contributed by atoms with Crippen LogP contribution >= 0.6 is 16.3 Å². The first-order valence-corrected chi connectivity index (χ1v) is 28.8. The summed E-state index contributed by atoms with van der Waals surface area (Å²) >= 11 is 0. The third kappa shape index (κ3) is 20.8. The van der Waals surface area contributed by atoms with E-state index in [2.05, 4.69) is 87.9 Å². The number of ether oxygens (including phenoxy) is 3. The van der Waals surface area contributed by atoms with Crippen molar-refractivity contribution in [1.82, 2.24) is 19.1 Å². The maximum atomic E-state index is 14.4. The molecule has 18 nitrogen and oxygen atoms in total. The number of aliphatic imine (C=N–C) groups is 1. The number of hydrogen-bond acceptors (Lipinski definition) is 16. The van der Waals surface area contributed by atoms with Crippen molar-refractivity contribution in [2.75, 3.05) is 26.3 Å². The fraction of sp³-hybridized carbons (Fsp3) is 0.607. The summed E-state index contributed by atoms with van der Waals surface area (Å²) in [6.45, 7) is 30.5. The Hall–Kier alpha value is -4.84. The minimum atomic E-state index is -4.29. The van der Waals surface area contributed by atoms with Gasteiger partial charge in [-0.1, -0.05) is 70.7 Å². The SMILES string of the molecule is CCC1OC(n2cc(C#CCCOP(=O)(OCc3ccc(OC(=O)C(C)(C)C)cc3)OCc3ccc(OC(=O)C(C)(C)C)cc3)c(N=CN(CC(C)C)CC(C)C)nc2=O)CC1OP(OCCC#N)N(C(C)C)C(C)C. The Balaban J connectivity index is 1.63. The molecule has 0 N–H and O–H groups in total. The van der Waals surface area contributed by atoms with Crippen LogP contribution in [0, 0.1) is 45.8 Å². The van der Waals surface area contributed by atoms with Crippen LogP contribution in [0.5, 0.6) is 11.5 Å². The first-order chi connectivity index (χ1) is 35.7. The van der Waals surface area contributed by atoms with Gasteiger partial charge in [0.1, 0.15) is 17.7 Å². The lowest BCUT2D eigenvalue weighted by Crippen LogP contribution is -2.35. The molecule has 2 aromatic carbocycles. The van der Waals surface area contributed by atoms with E-state index < -0.39 is 45.2 Å². The number of phosphoric ester groups is 1. The molecule has 2 heterocycles. The van der Waals surface area contributed by atoms with Crippen molar-refractivity contribution in [3.8, 4) is 29.4 Å². The summed E-state index contributed by atoms with van der Waals surface area (Å²) in [4.78, 5) is 50.2. The Morgan fingerprint density at radius 3 is 1.83 bits per heavy atom. The van der Waals surface area contributed by atoms with Gasteiger partial charge in [-0.15, -0.1) is 0 Å². The normalized spacial score (nSPS) is 16.6. The summed E-state index contributed by atoms with van der Waals surface area (Å²) in [5.41, 5.74) is -0.402. The summed E-state index contributed by atoms with van der Waals surface area (Å²) in [5.74, 6) is 6.96. The first kappa shape index (κ1) is 63.7. The van der Waals surface area contributed by atoms with Crippen LogP contribution in [0.1, 0.15) is 152 Å². The van der Waals surface area contributed by atoms with Crippen LogP contribution < -0.4 is 15.2 Å². The van der Waals surface area contributed by atoms with Crippen molar-refractivity contribution in [2.45, 2.75) is 173 Å². The van der Waals surface area contributed by atoms with Crippen molar-refractivity contribution >= 4 is 40.4 Å². The molecule has 0 saturated carbocycles. The van der Waals surface area contributed by atoms with E-state index in [4.69, 9.17) is 41.8 Å². The predicted molar refractivity (Wildman–Crippen MR) is 294 cm³/mol. The zero-order valence-corrected chi connectivity index (χ0v) is 49.2. The maximum Gasteiger partial charge on any atom is 0.475 e. The number of hydrogen-bond donors (Lipinski definition) is 0. The third-order valence-electron chi connectivity index (χ3n) is 11.2. The van der Waals surface area contributed by atoms with Crippen LogP contribution in [0.2, 0.25) is 0 Å². The Morgan fingerprint density at radius 2 is 1.37 bits per heavy atom. The smallest absolute Gasteiger partial charge is 0.426 e. The number of aromatic nitrogens is 2. The third-order valence-corrected chi connectivity index (χ3v) is 14.8. The summed E-state index contributed by atoms with van der Waals surface area (Å²) in [5, 5.41) is 9.26. The van der Waals surface area contributed by atoms with E-state index in [0.717, 1.165) is 13.1 Å². The quantitative estimate of drug-likeness (QED) is 0.0132.